The number of hydrogen-bond acceptors (Lipinski definition) is 2. The Balaban J connectivity index is 2.21. The second-order valence-electron chi connectivity index (χ2n) is 4.41. The highest BCUT2D eigenvalue weighted by Gasteiger charge is 2.08. The lowest BCUT2D eigenvalue weighted by atomic mass is 10.1. The molecule has 0 fully saturated rings. The third-order valence-electron chi connectivity index (χ3n) is 3.12. The number of halogens is 1. The van der Waals surface area contributed by atoms with Crippen LogP contribution in [0.25, 0.3) is 16.7 Å². The first kappa shape index (κ1) is 12.4. The summed E-state index contributed by atoms with van der Waals surface area (Å²) >= 11 is 3.53. The van der Waals surface area contributed by atoms with Crippen LogP contribution in [0, 0.1) is 0 Å². The summed E-state index contributed by atoms with van der Waals surface area (Å²) in [6.07, 6.45) is 1.88. The van der Waals surface area contributed by atoms with Gasteiger partial charge in [-0.05, 0) is 42.9 Å². The number of rotatable bonds is 3. The number of fused-ring (bicyclic) bond motifs is 1. The average molecular weight is 316 g/mol. The molecule has 0 atom stereocenters. The molecule has 2 aromatic carbocycles. The van der Waals surface area contributed by atoms with Crippen molar-refractivity contribution in [3.8, 4) is 5.69 Å². The van der Waals surface area contributed by atoms with Crippen LogP contribution in [0.1, 0.15) is 5.56 Å². The van der Waals surface area contributed by atoms with Gasteiger partial charge in [0.1, 0.15) is 6.33 Å². The standard InChI is InChI=1S/C15H14BrN3/c1-17-9-11-8-12(16)6-7-14(11)19-10-18-13-4-2-3-5-15(13)19/h2-8,10,17H,9H2,1H3. The highest BCUT2D eigenvalue weighted by atomic mass is 79.9. The smallest absolute Gasteiger partial charge is 0.100 e. The van der Waals surface area contributed by atoms with Gasteiger partial charge in [0.25, 0.3) is 0 Å². The Hall–Kier alpha value is -1.65. The van der Waals surface area contributed by atoms with Crippen LogP contribution in [0.4, 0.5) is 0 Å². The predicted octanol–water partition coefficient (Wildman–Crippen LogP) is 3.51. The molecule has 1 heterocycles. The molecule has 0 bridgehead atoms. The van der Waals surface area contributed by atoms with E-state index in [2.05, 4.69) is 55.1 Å². The maximum absolute atomic E-state index is 4.45. The van der Waals surface area contributed by atoms with Crippen LogP contribution in [0.5, 0.6) is 0 Å². The molecule has 0 radical (unpaired) electrons. The number of benzene rings is 2. The van der Waals surface area contributed by atoms with E-state index in [-0.39, 0.29) is 0 Å². The van der Waals surface area contributed by atoms with Gasteiger partial charge in [0.2, 0.25) is 0 Å². The van der Waals surface area contributed by atoms with Crippen molar-refractivity contribution in [2.75, 3.05) is 7.05 Å². The number of nitrogens with zero attached hydrogens (tertiary/aromatic N) is 2. The molecule has 3 rings (SSSR count). The number of nitrogens with one attached hydrogen (secondary N) is 1. The van der Waals surface area contributed by atoms with Crippen LogP contribution in [-0.4, -0.2) is 16.6 Å². The van der Waals surface area contributed by atoms with Gasteiger partial charge in [-0.3, -0.25) is 4.57 Å². The van der Waals surface area contributed by atoms with Crippen molar-refractivity contribution < 1.29 is 0 Å². The zero-order valence-electron chi connectivity index (χ0n) is 10.6. The monoisotopic (exact) mass is 315 g/mol. The second kappa shape index (κ2) is 5.15. The Labute approximate surface area is 120 Å². The molecule has 0 spiro atoms. The highest BCUT2D eigenvalue weighted by molar-refractivity contribution is 9.10. The summed E-state index contributed by atoms with van der Waals surface area (Å²) in [7, 11) is 1.96. The first-order valence-corrected chi connectivity index (χ1v) is 6.94. The molecule has 4 heteroatoms. The third-order valence-corrected chi connectivity index (χ3v) is 3.62. The van der Waals surface area contributed by atoms with E-state index >= 15 is 0 Å². The van der Waals surface area contributed by atoms with Gasteiger partial charge in [-0.2, -0.15) is 0 Å². The van der Waals surface area contributed by atoms with E-state index in [1.54, 1.807) is 0 Å². The van der Waals surface area contributed by atoms with Gasteiger partial charge in [-0.25, -0.2) is 4.98 Å². The topological polar surface area (TPSA) is 29.9 Å². The van der Waals surface area contributed by atoms with Crippen molar-refractivity contribution in [1.29, 1.82) is 0 Å². The molecule has 96 valence electrons. The van der Waals surface area contributed by atoms with Crippen LogP contribution in [0.2, 0.25) is 0 Å². The van der Waals surface area contributed by atoms with Gasteiger partial charge < -0.3 is 5.32 Å². The van der Waals surface area contributed by atoms with Gasteiger partial charge in [0.05, 0.1) is 16.7 Å². The quantitative estimate of drug-likeness (QED) is 0.801. The summed E-state index contributed by atoms with van der Waals surface area (Å²) in [5.74, 6) is 0. The highest BCUT2D eigenvalue weighted by Crippen LogP contribution is 2.24. The summed E-state index contributed by atoms with van der Waals surface area (Å²) in [4.78, 5) is 4.45. The Morgan fingerprint density at radius 3 is 2.89 bits per heavy atom. The average Bonchev–Trinajstić information content (AvgIpc) is 2.83. The summed E-state index contributed by atoms with van der Waals surface area (Å²) in [6.45, 7) is 0.821. The minimum absolute atomic E-state index is 0.821. The Kier molecular flexibility index (Phi) is 3.36. The summed E-state index contributed by atoms with van der Waals surface area (Å²) < 4.78 is 3.22. The van der Waals surface area contributed by atoms with Gasteiger partial charge in [0.15, 0.2) is 0 Å². The van der Waals surface area contributed by atoms with E-state index in [1.165, 1.54) is 5.56 Å². The molecule has 0 unspecified atom stereocenters. The number of hydrogen-bond donors (Lipinski definition) is 1. The van der Waals surface area contributed by atoms with Gasteiger partial charge in [0, 0.05) is 11.0 Å². The predicted molar refractivity (Wildman–Crippen MR) is 81.5 cm³/mol. The molecule has 1 aromatic heterocycles. The largest absolute Gasteiger partial charge is 0.316 e. The zero-order chi connectivity index (χ0) is 13.2. The Morgan fingerprint density at radius 2 is 2.05 bits per heavy atom. The molecule has 0 saturated heterocycles. The minimum Gasteiger partial charge on any atom is -0.316 e. The van der Waals surface area contributed by atoms with Crippen molar-refractivity contribution in [2.45, 2.75) is 6.54 Å². The molecular formula is C15H14BrN3. The Morgan fingerprint density at radius 1 is 1.21 bits per heavy atom. The number of imidazole rings is 1. The second-order valence-corrected chi connectivity index (χ2v) is 5.32. The van der Waals surface area contributed by atoms with E-state index in [9.17, 15) is 0 Å². The molecule has 0 saturated carbocycles. The lowest BCUT2D eigenvalue weighted by molar-refractivity contribution is 0.808. The SMILES string of the molecule is CNCc1cc(Br)ccc1-n1cnc2ccccc21. The summed E-state index contributed by atoms with van der Waals surface area (Å²) in [5.41, 5.74) is 4.54. The van der Waals surface area contributed by atoms with Crippen LogP contribution in [0.3, 0.4) is 0 Å². The summed E-state index contributed by atoms with van der Waals surface area (Å²) in [5, 5.41) is 3.21. The number of para-hydroxylation sites is 2. The van der Waals surface area contributed by atoms with Crippen LogP contribution >= 0.6 is 15.9 Å². The van der Waals surface area contributed by atoms with E-state index in [0.29, 0.717) is 0 Å². The van der Waals surface area contributed by atoms with Crippen molar-refractivity contribution in [3.63, 3.8) is 0 Å². The van der Waals surface area contributed by atoms with Gasteiger partial charge in [-0.1, -0.05) is 28.1 Å². The van der Waals surface area contributed by atoms with Gasteiger partial charge in [-0.15, -0.1) is 0 Å². The maximum atomic E-state index is 4.45. The molecule has 0 aliphatic rings. The molecule has 0 aliphatic carbocycles. The van der Waals surface area contributed by atoms with E-state index in [0.717, 1.165) is 27.7 Å². The van der Waals surface area contributed by atoms with Crippen LogP contribution in [0.15, 0.2) is 53.3 Å². The van der Waals surface area contributed by atoms with E-state index in [1.807, 2.05) is 31.6 Å². The fourth-order valence-corrected chi connectivity index (χ4v) is 2.68. The Bertz CT molecular complexity index is 718. The first-order valence-electron chi connectivity index (χ1n) is 6.15. The zero-order valence-corrected chi connectivity index (χ0v) is 12.2. The number of aromatic nitrogens is 2. The fourth-order valence-electron chi connectivity index (χ4n) is 2.27. The molecule has 0 amide bonds. The lowest BCUT2D eigenvalue weighted by Gasteiger charge is -2.11. The van der Waals surface area contributed by atoms with Crippen molar-refractivity contribution in [3.05, 3.63) is 58.8 Å². The third kappa shape index (κ3) is 2.29. The van der Waals surface area contributed by atoms with E-state index in [4.69, 9.17) is 0 Å². The fraction of sp³-hybridized carbons (Fsp3) is 0.133. The lowest BCUT2D eigenvalue weighted by Crippen LogP contribution is -2.08. The first-order chi connectivity index (χ1) is 9.29. The van der Waals surface area contributed by atoms with E-state index < -0.39 is 0 Å². The molecular weight excluding hydrogens is 302 g/mol. The molecule has 19 heavy (non-hydrogen) atoms. The molecule has 1 N–H and O–H groups in total. The minimum atomic E-state index is 0.821. The van der Waals surface area contributed by atoms with Gasteiger partial charge >= 0.3 is 0 Å². The summed E-state index contributed by atoms with van der Waals surface area (Å²) in [6, 6.07) is 14.5. The maximum Gasteiger partial charge on any atom is 0.100 e. The molecule has 3 nitrogen and oxygen atoms in total. The molecule has 3 aromatic rings. The van der Waals surface area contributed by atoms with Crippen molar-refractivity contribution in [1.82, 2.24) is 14.9 Å². The normalized spacial score (nSPS) is 11.1. The van der Waals surface area contributed by atoms with Crippen LogP contribution < -0.4 is 5.32 Å². The molecule has 0 aliphatic heterocycles. The van der Waals surface area contributed by atoms with Crippen LogP contribution in [-0.2, 0) is 6.54 Å². The van der Waals surface area contributed by atoms with Crippen molar-refractivity contribution in [2.24, 2.45) is 0 Å². The van der Waals surface area contributed by atoms with Crippen molar-refractivity contribution >= 4 is 27.0 Å².